The van der Waals surface area contributed by atoms with Crippen molar-refractivity contribution in [1.29, 1.82) is 0 Å². The van der Waals surface area contributed by atoms with Crippen LogP contribution in [-0.2, 0) is 4.74 Å². The lowest BCUT2D eigenvalue weighted by molar-refractivity contribution is -0.0000680. The second-order valence-corrected chi connectivity index (χ2v) is 5.28. The fourth-order valence-electron chi connectivity index (χ4n) is 2.74. The summed E-state index contributed by atoms with van der Waals surface area (Å²) < 4.78 is 5.30. The molecule has 1 saturated heterocycles. The SMILES string of the molecule is CC(O)(CNC1CCOC1)C1CCCC1. The second kappa shape index (κ2) is 4.81. The van der Waals surface area contributed by atoms with Crippen molar-refractivity contribution in [3.05, 3.63) is 0 Å². The van der Waals surface area contributed by atoms with Crippen molar-refractivity contribution in [3.63, 3.8) is 0 Å². The van der Waals surface area contributed by atoms with Crippen LogP contribution < -0.4 is 5.32 Å². The molecule has 15 heavy (non-hydrogen) atoms. The Labute approximate surface area is 92.2 Å². The molecule has 1 aliphatic carbocycles. The smallest absolute Gasteiger partial charge is 0.0771 e. The molecule has 0 spiro atoms. The Hall–Kier alpha value is -0.120. The molecule has 2 aliphatic rings. The molecule has 2 atom stereocenters. The van der Waals surface area contributed by atoms with E-state index >= 15 is 0 Å². The van der Waals surface area contributed by atoms with Gasteiger partial charge in [0, 0.05) is 19.2 Å². The number of rotatable bonds is 4. The molecule has 0 amide bonds. The number of ether oxygens (including phenoxy) is 1. The molecule has 0 radical (unpaired) electrons. The van der Waals surface area contributed by atoms with Gasteiger partial charge in [-0.2, -0.15) is 0 Å². The van der Waals surface area contributed by atoms with Gasteiger partial charge >= 0.3 is 0 Å². The summed E-state index contributed by atoms with van der Waals surface area (Å²) in [6, 6.07) is 0.456. The summed E-state index contributed by atoms with van der Waals surface area (Å²) in [4.78, 5) is 0. The zero-order chi connectivity index (χ0) is 10.7. The number of hydrogen-bond acceptors (Lipinski definition) is 3. The Morgan fingerprint density at radius 3 is 2.67 bits per heavy atom. The van der Waals surface area contributed by atoms with Crippen LogP contribution in [0.1, 0.15) is 39.0 Å². The zero-order valence-electron chi connectivity index (χ0n) is 9.67. The molecule has 1 heterocycles. The van der Waals surface area contributed by atoms with E-state index in [1.54, 1.807) is 0 Å². The van der Waals surface area contributed by atoms with Crippen LogP contribution in [0.4, 0.5) is 0 Å². The lowest BCUT2D eigenvalue weighted by atomic mass is 9.87. The maximum atomic E-state index is 10.4. The third-order valence-electron chi connectivity index (χ3n) is 3.91. The Bertz CT molecular complexity index is 194. The van der Waals surface area contributed by atoms with Crippen LogP contribution >= 0.6 is 0 Å². The van der Waals surface area contributed by atoms with Gasteiger partial charge in [-0.05, 0) is 32.1 Å². The fourth-order valence-corrected chi connectivity index (χ4v) is 2.74. The van der Waals surface area contributed by atoms with Gasteiger partial charge < -0.3 is 15.2 Å². The summed E-state index contributed by atoms with van der Waals surface area (Å²) in [7, 11) is 0. The predicted molar refractivity (Wildman–Crippen MR) is 59.8 cm³/mol. The summed E-state index contributed by atoms with van der Waals surface area (Å²) in [5.74, 6) is 0.493. The first-order valence-corrected chi connectivity index (χ1v) is 6.22. The maximum absolute atomic E-state index is 10.4. The summed E-state index contributed by atoms with van der Waals surface area (Å²) in [5, 5.41) is 13.8. The maximum Gasteiger partial charge on any atom is 0.0771 e. The molecule has 0 aromatic carbocycles. The average Bonchev–Trinajstić information content (AvgIpc) is 2.88. The topological polar surface area (TPSA) is 41.5 Å². The molecular formula is C12H23NO2. The molecule has 2 N–H and O–H groups in total. The van der Waals surface area contributed by atoms with Gasteiger partial charge in [0.05, 0.1) is 12.2 Å². The highest BCUT2D eigenvalue weighted by molar-refractivity contribution is 4.88. The Kier molecular flexibility index (Phi) is 3.65. The van der Waals surface area contributed by atoms with E-state index in [1.165, 1.54) is 25.7 Å². The van der Waals surface area contributed by atoms with E-state index in [-0.39, 0.29) is 0 Å². The summed E-state index contributed by atoms with van der Waals surface area (Å²) in [6.45, 7) is 4.36. The van der Waals surface area contributed by atoms with E-state index in [9.17, 15) is 5.11 Å². The molecule has 2 fully saturated rings. The molecular weight excluding hydrogens is 190 g/mol. The van der Waals surface area contributed by atoms with E-state index in [0.29, 0.717) is 18.5 Å². The van der Waals surface area contributed by atoms with Gasteiger partial charge in [-0.25, -0.2) is 0 Å². The Morgan fingerprint density at radius 2 is 2.07 bits per heavy atom. The summed E-state index contributed by atoms with van der Waals surface area (Å²) in [5.41, 5.74) is -0.529. The zero-order valence-corrected chi connectivity index (χ0v) is 9.67. The molecule has 2 unspecified atom stereocenters. The van der Waals surface area contributed by atoms with Gasteiger partial charge in [-0.1, -0.05) is 12.8 Å². The normalized spacial score (nSPS) is 32.0. The van der Waals surface area contributed by atoms with E-state index in [4.69, 9.17) is 4.74 Å². The van der Waals surface area contributed by atoms with Crippen molar-refractivity contribution in [2.45, 2.75) is 50.7 Å². The predicted octanol–water partition coefficient (Wildman–Crippen LogP) is 1.31. The van der Waals surface area contributed by atoms with Gasteiger partial charge in [0.2, 0.25) is 0 Å². The van der Waals surface area contributed by atoms with Crippen molar-refractivity contribution < 1.29 is 9.84 Å². The minimum atomic E-state index is -0.529. The van der Waals surface area contributed by atoms with Crippen molar-refractivity contribution >= 4 is 0 Å². The molecule has 2 rings (SSSR count). The van der Waals surface area contributed by atoms with Crippen LogP contribution in [0, 0.1) is 5.92 Å². The van der Waals surface area contributed by atoms with Crippen LogP contribution in [0.5, 0.6) is 0 Å². The van der Waals surface area contributed by atoms with Crippen LogP contribution in [0.2, 0.25) is 0 Å². The largest absolute Gasteiger partial charge is 0.389 e. The van der Waals surface area contributed by atoms with Crippen molar-refractivity contribution in [2.24, 2.45) is 5.92 Å². The molecule has 1 aliphatic heterocycles. The van der Waals surface area contributed by atoms with Crippen molar-refractivity contribution in [1.82, 2.24) is 5.32 Å². The van der Waals surface area contributed by atoms with Gasteiger partial charge in [0.15, 0.2) is 0 Å². The van der Waals surface area contributed by atoms with Crippen molar-refractivity contribution in [2.75, 3.05) is 19.8 Å². The molecule has 1 saturated carbocycles. The first kappa shape index (κ1) is 11.4. The lowest BCUT2D eigenvalue weighted by Crippen LogP contribution is -2.46. The first-order chi connectivity index (χ1) is 7.18. The summed E-state index contributed by atoms with van der Waals surface area (Å²) >= 11 is 0. The van der Waals surface area contributed by atoms with Crippen LogP contribution in [0.3, 0.4) is 0 Å². The van der Waals surface area contributed by atoms with Crippen LogP contribution in [0.25, 0.3) is 0 Å². The number of hydrogen-bond donors (Lipinski definition) is 2. The van der Waals surface area contributed by atoms with Crippen LogP contribution in [-0.4, -0.2) is 36.5 Å². The second-order valence-electron chi connectivity index (χ2n) is 5.28. The minimum Gasteiger partial charge on any atom is -0.389 e. The molecule has 0 aromatic rings. The minimum absolute atomic E-state index is 0.456. The molecule has 0 bridgehead atoms. The van der Waals surface area contributed by atoms with Gasteiger partial charge in [0.1, 0.15) is 0 Å². The Balaban J connectivity index is 1.75. The number of nitrogens with one attached hydrogen (secondary N) is 1. The van der Waals surface area contributed by atoms with E-state index in [1.807, 2.05) is 6.92 Å². The third-order valence-corrected chi connectivity index (χ3v) is 3.91. The molecule has 3 nitrogen and oxygen atoms in total. The highest BCUT2D eigenvalue weighted by Gasteiger charge is 2.34. The number of aliphatic hydroxyl groups is 1. The highest BCUT2D eigenvalue weighted by Crippen LogP contribution is 2.33. The summed E-state index contributed by atoms with van der Waals surface area (Å²) in [6.07, 6.45) is 6.03. The lowest BCUT2D eigenvalue weighted by Gasteiger charge is -2.31. The monoisotopic (exact) mass is 213 g/mol. The molecule has 88 valence electrons. The van der Waals surface area contributed by atoms with E-state index in [2.05, 4.69) is 5.32 Å². The quantitative estimate of drug-likeness (QED) is 0.740. The van der Waals surface area contributed by atoms with Crippen molar-refractivity contribution in [3.8, 4) is 0 Å². The van der Waals surface area contributed by atoms with E-state index in [0.717, 1.165) is 19.6 Å². The Morgan fingerprint density at radius 1 is 1.33 bits per heavy atom. The highest BCUT2D eigenvalue weighted by atomic mass is 16.5. The van der Waals surface area contributed by atoms with Gasteiger partial charge in [-0.15, -0.1) is 0 Å². The first-order valence-electron chi connectivity index (χ1n) is 6.22. The van der Waals surface area contributed by atoms with Gasteiger partial charge in [-0.3, -0.25) is 0 Å². The van der Waals surface area contributed by atoms with Crippen LogP contribution in [0.15, 0.2) is 0 Å². The fraction of sp³-hybridized carbons (Fsp3) is 1.00. The molecule has 0 aromatic heterocycles. The average molecular weight is 213 g/mol. The molecule has 3 heteroatoms. The standard InChI is InChI=1S/C12H23NO2/c1-12(14,10-4-2-3-5-10)9-13-11-6-7-15-8-11/h10-11,13-14H,2-9H2,1H3. The van der Waals surface area contributed by atoms with Gasteiger partial charge in [0.25, 0.3) is 0 Å². The third kappa shape index (κ3) is 2.92. The van der Waals surface area contributed by atoms with E-state index < -0.39 is 5.60 Å².